The monoisotopic (exact) mass is 372 g/mol. The highest BCUT2D eigenvalue weighted by Crippen LogP contribution is 2.35. The van der Waals surface area contributed by atoms with E-state index in [9.17, 15) is 4.79 Å². The largest absolute Gasteiger partial charge is 0.353 e. The maximum Gasteiger partial charge on any atom is 0.227 e. The van der Waals surface area contributed by atoms with E-state index in [1.54, 1.807) is 0 Å². The zero-order chi connectivity index (χ0) is 19.0. The number of aryl methyl sites for hydroxylation is 1. The van der Waals surface area contributed by atoms with E-state index in [-0.39, 0.29) is 24.2 Å². The number of fused-ring (bicyclic) bond motifs is 1. The van der Waals surface area contributed by atoms with Gasteiger partial charge in [-0.3, -0.25) is 14.9 Å². The van der Waals surface area contributed by atoms with Gasteiger partial charge in [-0.25, -0.2) is 0 Å². The number of nitrogens with one attached hydrogen (secondary N) is 4. The van der Waals surface area contributed by atoms with Crippen LogP contribution in [0.1, 0.15) is 68.8 Å². The molecule has 4 rings (SSSR count). The van der Waals surface area contributed by atoms with E-state index in [1.807, 2.05) is 0 Å². The third-order valence-corrected chi connectivity index (χ3v) is 6.11. The molecular weight excluding hydrogens is 340 g/mol. The summed E-state index contributed by atoms with van der Waals surface area (Å²) in [5, 5.41) is 10.2. The highest BCUT2D eigenvalue weighted by molar-refractivity contribution is 5.85. The van der Waals surface area contributed by atoms with Crippen LogP contribution in [0.4, 0.5) is 0 Å². The van der Waals surface area contributed by atoms with Crippen LogP contribution in [0.2, 0.25) is 0 Å². The third-order valence-electron chi connectivity index (χ3n) is 6.11. The lowest BCUT2D eigenvalue weighted by Crippen LogP contribution is -2.47. The molecule has 5 unspecified atom stereocenters. The standard InChI is InChI=1S/C21H32N4O2/c1-12(2)21-24-19(25-27-21)15-5-6-17-14(11-15)4-7-18(17)20(26)23-16-8-9-22-13(3)10-16/h5-6,11-13,16,18-19,21-22,24-25H,4,7-10H2,1-3H3,(H,23,26). The van der Waals surface area contributed by atoms with Crippen molar-refractivity contribution >= 4 is 5.91 Å². The number of piperidine rings is 1. The highest BCUT2D eigenvalue weighted by Gasteiger charge is 2.33. The predicted molar refractivity (Wildman–Crippen MR) is 105 cm³/mol. The Balaban J connectivity index is 1.41. The molecule has 2 saturated heterocycles. The van der Waals surface area contributed by atoms with Gasteiger partial charge in [-0.1, -0.05) is 32.0 Å². The quantitative estimate of drug-likeness (QED) is 0.651. The van der Waals surface area contributed by atoms with Crippen molar-refractivity contribution < 1.29 is 9.63 Å². The normalized spacial score (nSPS) is 33.3. The van der Waals surface area contributed by atoms with E-state index in [0.29, 0.717) is 18.0 Å². The van der Waals surface area contributed by atoms with Gasteiger partial charge in [0.05, 0.1) is 5.92 Å². The van der Waals surface area contributed by atoms with Crippen LogP contribution in [0.25, 0.3) is 0 Å². The fraction of sp³-hybridized carbons (Fsp3) is 0.667. The first-order valence-corrected chi connectivity index (χ1v) is 10.3. The summed E-state index contributed by atoms with van der Waals surface area (Å²) in [6.07, 6.45) is 3.93. The molecule has 1 aromatic rings. The molecule has 4 N–H and O–H groups in total. The SMILES string of the molecule is CC1CC(NC(=O)C2CCc3cc(C4NOC(C(C)C)N4)ccc32)CCN1. The molecule has 5 atom stereocenters. The number of hydrogen-bond donors (Lipinski definition) is 4. The van der Waals surface area contributed by atoms with Crippen molar-refractivity contribution in [2.45, 2.75) is 76.8 Å². The van der Waals surface area contributed by atoms with Crippen molar-refractivity contribution in [1.82, 2.24) is 21.4 Å². The molecule has 2 heterocycles. The molecule has 2 aliphatic heterocycles. The minimum atomic E-state index is -0.0107. The summed E-state index contributed by atoms with van der Waals surface area (Å²) < 4.78 is 0. The topological polar surface area (TPSA) is 74.4 Å². The number of carbonyl (C=O) groups is 1. The molecule has 27 heavy (non-hydrogen) atoms. The average molecular weight is 373 g/mol. The third kappa shape index (κ3) is 4.04. The van der Waals surface area contributed by atoms with Crippen molar-refractivity contribution in [3.63, 3.8) is 0 Å². The Labute approximate surface area is 161 Å². The smallest absolute Gasteiger partial charge is 0.227 e. The lowest BCUT2D eigenvalue weighted by atomic mass is 9.96. The molecule has 6 nitrogen and oxygen atoms in total. The maximum absolute atomic E-state index is 12.9. The highest BCUT2D eigenvalue weighted by atomic mass is 16.7. The summed E-state index contributed by atoms with van der Waals surface area (Å²) in [4.78, 5) is 18.5. The van der Waals surface area contributed by atoms with E-state index < -0.39 is 0 Å². The van der Waals surface area contributed by atoms with Crippen LogP contribution < -0.4 is 21.4 Å². The van der Waals surface area contributed by atoms with Gasteiger partial charge < -0.3 is 10.6 Å². The lowest BCUT2D eigenvalue weighted by molar-refractivity contribution is -0.123. The van der Waals surface area contributed by atoms with Crippen molar-refractivity contribution in [3.05, 3.63) is 34.9 Å². The van der Waals surface area contributed by atoms with Gasteiger partial charge in [-0.15, -0.1) is 0 Å². The number of amides is 1. The van der Waals surface area contributed by atoms with Crippen molar-refractivity contribution in [2.75, 3.05) is 6.54 Å². The summed E-state index contributed by atoms with van der Waals surface area (Å²) in [6, 6.07) is 7.26. The van der Waals surface area contributed by atoms with Crippen molar-refractivity contribution in [1.29, 1.82) is 0 Å². The lowest BCUT2D eigenvalue weighted by Gasteiger charge is -2.29. The molecule has 0 aromatic heterocycles. The van der Waals surface area contributed by atoms with Crippen molar-refractivity contribution in [3.8, 4) is 0 Å². The number of hydrogen-bond acceptors (Lipinski definition) is 5. The predicted octanol–water partition coefficient (Wildman–Crippen LogP) is 2.08. The van der Waals surface area contributed by atoms with Gasteiger partial charge in [0, 0.05) is 12.1 Å². The molecule has 3 aliphatic rings. The first kappa shape index (κ1) is 18.9. The molecule has 1 aliphatic carbocycles. The van der Waals surface area contributed by atoms with Gasteiger partial charge >= 0.3 is 0 Å². The second kappa shape index (κ2) is 7.87. The zero-order valence-corrected chi connectivity index (χ0v) is 16.5. The Hall–Kier alpha value is -1.47. The van der Waals surface area contributed by atoms with Crippen LogP contribution in [0.3, 0.4) is 0 Å². The van der Waals surface area contributed by atoms with E-state index >= 15 is 0 Å². The number of benzene rings is 1. The number of hydroxylamine groups is 1. The summed E-state index contributed by atoms with van der Waals surface area (Å²) in [6.45, 7) is 7.44. The molecule has 0 saturated carbocycles. The number of rotatable bonds is 4. The summed E-state index contributed by atoms with van der Waals surface area (Å²) in [5.74, 6) is 0.590. The van der Waals surface area contributed by atoms with Crippen LogP contribution >= 0.6 is 0 Å². The second-order valence-corrected chi connectivity index (χ2v) is 8.63. The van der Waals surface area contributed by atoms with Gasteiger partial charge in [0.2, 0.25) is 5.91 Å². The molecule has 6 heteroatoms. The van der Waals surface area contributed by atoms with Gasteiger partial charge in [0.15, 0.2) is 0 Å². The first-order chi connectivity index (χ1) is 13.0. The van der Waals surface area contributed by atoms with E-state index in [0.717, 1.165) is 32.2 Å². The van der Waals surface area contributed by atoms with E-state index in [4.69, 9.17) is 4.84 Å². The van der Waals surface area contributed by atoms with E-state index in [2.05, 4.69) is 60.4 Å². The van der Waals surface area contributed by atoms with Gasteiger partial charge in [-0.2, -0.15) is 5.48 Å². The van der Waals surface area contributed by atoms with Gasteiger partial charge in [-0.05, 0) is 61.8 Å². The van der Waals surface area contributed by atoms with Gasteiger partial charge in [0.25, 0.3) is 0 Å². The molecular formula is C21H32N4O2. The Morgan fingerprint density at radius 1 is 1.30 bits per heavy atom. The maximum atomic E-state index is 12.9. The fourth-order valence-corrected chi connectivity index (χ4v) is 4.52. The first-order valence-electron chi connectivity index (χ1n) is 10.3. The van der Waals surface area contributed by atoms with Crippen LogP contribution in [0, 0.1) is 5.92 Å². The molecule has 1 amide bonds. The second-order valence-electron chi connectivity index (χ2n) is 8.63. The Kier molecular flexibility index (Phi) is 5.50. The Morgan fingerprint density at radius 2 is 2.15 bits per heavy atom. The average Bonchev–Trinajstić information content (AvgIpc) is 3.28. The summed E-state index contributed by atoms with van der Waals surface area (Å²) >= 11 is 0. The molecule has 0 radical (unpaired) electrons. The minimum absolute atomic E-state index is 0.00630. The summed E-state index contributed by atoms with van der Waals surface area (Å²) in [5.41, 5.74) is 6.75. The molecule has 2 fully saturated rings. The van der Waals surface area contributed by atoms with Crippen LogP contribution in [-0.2, 0) is 16.1 Å². The van der Waals surface area contributed by atoms with E-state index in [1.165, 1.54) is 16.7 Å². The molecule has 148 valence electrons. The fourth-order valence-electron chi connectivity index (χ4n) is 4.52. The molecule has 0 spiro atoms. The van der Waals surface area contributed by atoms with Crippen molar-refractivity contribution in [2.24, 2.45) is 5.92 Å². The minimum Gasteiger partial charge on any atom is -0.353 e. The number of carbonyl (C=O) groups excluding carboxylic acids is 1. The van der Waals surface area contributed by atoms with Crippen LogP contribution in [0.15, 0.2) is 18.2 Å². The Bertz CT molecular complexity index is 693. The van der Waals surface area contributed by atoms with Crippen LogP contribution in [0.5, 0.6) is 0 Å². The molecule has 1 aromatic carbocycles. The molecule has 0 bridgehead atoms. The summed E-state index contributed by atoms with van der Waals surface area (Å²) in [7, 11) is 0. The zero-order valence-electron chi connectivity index (χ0n) is 16.5. The van der Waals surface area contributed by atoms with Gasteiger partial charge in [0.1, 0.15) is 12.4 Å². The Morgan fingerprint density at radius 3 is 2.89 bits per heavy atom. The van der Waals surface area contributed by atoms with Crippen LogP contribution in [-0.4, -0.2) is 30.8 Å².